The molecule has 102 valence electrons. The second kappa shape index (κ2) is 4.84. The van der Waals surface area contributed by atoms with Gasteiger partial charge in [0.25, 0.3) is 0 Å². The molecule has 0 aromatic rings. The summed E-state index contributed by atoms with van der Waals surface area (Å²) < 4.78 is 5.32. The fourth-order valence-electron chi connectivity index (χ4n) is 4.92. The van der Waals surface area contributed by atoms with Gasteiger partial charge in [-0.25, -0.2) is 0 Å². The summed E-state index contributed by atoms with van der Waals surface area (Å²) in [6, 6.07) is 0.571. The molecule has 3 fully saturated rings. The molecule has 0 radical (unpaired) electrons. The highest BCUT2D eigenvalue weighted by atomic mass is 16.5. The molecule has 1 N–H and O–H groups in total. The van der Waals surface area contributed by atoms with Crippen LogP contribution in [0.15, 0.2) is 0 Å². The van der Waals surface area contributed by atoms with E-state index in [1.807, 2.05) is 6.92 Å². The molecular formula is C15H26NO2+. The van der Waals surface area contributed by atoms with E-state index in [2.05, 4.69) is 0 Å². The van der Waals surface area contributed by atoms with Crippen LogP contribution in [0.1, 0.15) is 58.3 Å². The molecule has 3 atom stereocenters. The van der Waals surface area contributed by atoms with Gasteiger partial charge in [-0.15, -0.1) is 0 Å². The number of esters is 1. The van der Waals surface area contributed by atoms with Crippen LogP contribution in [0.3, 0.4) is 0 Å². The minimum absolute atomic E-state index is 0.0874. The zero-order valence-corrected chi connectivity index (χ0v) is 11.5. The van der Waals surface area contributed by atoms with Gasteiger partial charge in [0.15, 0.2) is 0 Å². The average molecular weight is 252 g/mol. The third kappa shape index (κ3) is 1.87. The molecule has 1 spiro atoms. The van der Waals surface area contributed by atoms with Crippen molar-refractivity contribution in [1.29, 1.82) is 0 Å². The zero-order chi connectivity index (χ0) is 12.6. The molecule has 3 nitrogen and oxygen atoms in total. The second-order valence-corrected chi connectivity index (χ2v) is 6.43. The largest absolute Gasteiger partial charge is 0.466 e. The van der Waals surface area contributed by atoms with Crippen LogP contribution >= 0.6 is 0 Å². The van der Waals surface area contributed by atoms with Crippen molar-refractivity contribution in [2.24, 2.45) is 5.92 Å². The molecule has 3 heteroatoms. The summed E-state index contributed by atoms with van der Waals surface area (Å²) in [6.45, 7) is 3.74. The van der Waals surface area contributed by atoms with Crippen LogP contribution in [0.4, 0.5) is 0 Å². The predicted octanol–water partition coefficient (Wildman–Crippen LogP) is 1.32. The van der Waals surface area contributed by atoms with E-state index in [4.69, 9.17) is 4.74 Å². The van der Waals surface area contributed by atoms with Gasteiger partial charge in [-0.2, -0.15) is 0 Å². The summed E-state index contributed by atoms with van der Waals surface area (Å²) in [5, 5.41) is 0. The fourth-order valence-corrected chi connectivity index (χ4v) is 4.92. The third-order valence-electron chi connectivity index (χ3n) is 5.59. The number of ether oxygens (including phenoxy) is 1. The van der Waals surface area contributed by atoms with E-state index in [-0.39, 0.29) is 11.9 Å². The summed E-state index contributed by atoms with van der Waals surface area (Å²) in [6.07, 6.45) is 10.5. The lowest BCUT2D eigenvalue weighted by Crippen LogP contribution is -3.19. The van der Waals surface area contributed by atoms with Crippen molar-refractivity contribution in [2.45, 2.75) is 69.9 Å². The normalized spacial score (nSPS) is 37.7. The minimum atomic E-state index is 0.0874. The lowest BCUT2D eigenvalue weighted by atomic mass is 9.78. The molecule has 18 heavy (non-hydrogen) atoms. The molecule has 2 aliphatic heterocycles. The fraction of sp³-hybridized carbons (Fsp3) is 0.933. The summed E-state index contributed by atoms with van der Waals surface area (Å²) >= 11 is 0. The number of carbonyl (C=O) groups is 1. The van der Waals surface area contributed by atoms with E-state index in [9.17, 15) is 4.79 Å². The maximum absolute atomic E-state index is 12.2. The van der Waals surface area contributed by atoms with Crippen molar-refractivity contribution in [2.75, 3.05) is 13.2 Å². The summed E-state index contributed by atoms with van der Waals surface area (Å²) in [4.78, 5) is 13.9. The van der Waals surface area contributed by atoms with E-state index < -0.39 is 0 Å². The van der Waals surface area contributed by atoms with Crippen LogP contribution in [0.5, 0.6) is 0 Å². The van der Waals surface area contributed by atoms with E-state index in [1.165, 1.54) is 51.5 Å². The van der Waals surface area contributed by atoms with Crippen LogP contribution in [-0.2, 0) is 9.53 Å². The highest BCUT2D eigenvalue weighted by Gasteiger charge is 2.59. The number of quaternary nitrogens is 1. The minimum Gasteiger partial charge on any atom is -0.466 e. The van der Waals surface area contributed by atoms with Crippen LogP contribution in [0, 0.1) is 5.92 Å². The molecule has 3 aliphatic rings. The molecule has 3 rings (SSSR count). The first kappa shape index (κ1) is 12.5. The van der Waals surface area contributed by atoms with Gasteiger partial charge in [-0.1, -0.05) is 6.42 Å². The van der Waals surface area contributed by atoms with Gasteiger partial charge in [-0.05, 0) is 19.8 Å². The number of fused-ring (bicyclic) bond motifs is 2. The Hall–Kier alpha value is -0.570. The lowest BCUT2D eigenvalue weighted by molar-refractivity contribution is -0.952. The molecule has 0 aromatic heterocycles. The van der Waals surface area contributed by atoms with Gasteiger partial charge < -0.3 is 9.64 Å². The summed E-state index contributed by atoms with van der Waals surface area (Å²) in [7, 11) is 0. The van der Waals surface area contributed by atoms with Gasteiger partial charge >= 0.3 is 5.97 Å². The summed E-state index contributed by atoms with van der Waals surface area (Å²) in [5.74, 6) is 0.282. The van der Waals surface area contributed by atoms with Crippen molar-refractivity contribution >= 4 is 5.97 Å². The number of hydrogen-bond acceptors (Lipinski definition) is 2. The molecule has 1 unspecified atom stereocenters. The van der Waals surface area contributed by atoms with Gasteiger partial charge in [-0.3, -0.25) is 4.79 Å². The van der Waals surface area contributed by atoms with Crippen LogP contribution in [-0.4, -0.2) is 30.7 Å². The number of hydrogen-bond donors (Lipinski definition) is 1. The van der Waals surface area contributed by atoms with E-state index in [1.54, 1.807) is 4.90 Å². The van der Waals surface area contributed by atoms with Crippen molar-refractivity contribution in [3.05, 3.63) is 0 Å². The number of carbonyl (C=O) groups excluding carboxylic acids is 1. The Morgan fingerprint density at radius 1 is 1.28 bits per heavy atom. The van der Waals surface area contributed by atoms with Gasteiger partial charge in [0, 0.05) is 32.1 Å². The smallest absolute Gasteiger partial charge is 0.315 e. The Kier molecular flexibility index (Phi) is 3.35. The SMILES string of the molecule is CCOC(=O)[C@H]1CC2(CCCCC2)[NH+]2CCC[C@@H]12. The highest BCUT2D eigenvalue weighted by molar-refractivity contribution is 5.73. The molecule has 1 aliphatic carbocycles. The first-order valence-electron chi connectivity index (χ1n) is 7.80. The first-order valence-corrected chi connectivity index (χ1v) is 7.80. The topological polar surface area (TPSA) is 30.7 Å². The highest BCUT2D eigenvalue weighted by Crippen LogP contribution is 2.39. The van der Waals surface area contributed by atoms with Gasteiger partial charge in [0.05, 0.1) is 18.7 Å². The zero-order valence-electron chi connectivity index (χ0n) is 11.5. The number of rotatable bonds is 2. The monoisotopic (exact) mass is 252 g/mol. The van der Waals surface area contributed by atoms with E-state index >= 15 is 0 Å². The van der Waals surface area contributed by atoms with E-state index in [0.29, 0.717) is 18.2 Å². The van der Waals surface area contributed by atoms with Gasteiger partial charge in [0.1, 0.15) is 12.0 Å². The molecule has 2 heterocycles. The van der Waals surface area contributed by atoms with Crippen molar-refractivity contribution in [1.82, 2.24) is 0 Å². The van der Waals surface area contributed by atoms with E-state index in [0.717, 1.165) is 6.42 Å². The molecule has 0 aromatic carbocycles. The van der Waals surface area contributed by atoms with Crippen LogP contribution in [0.2, 0.25) is 0 Å². The Balaban J connectivity index is 1.80. The average Bonchev–Trinajstić information content (AvgIpc) is 2.95. The number of nitrogens with one attached hydrogen (secondary N) is 1. The Morgan fingerprint density at radius 3 is 2.78 bits per heavy atom. The molecule has 0 amide bonds. The third-order valence-corrected chi connectivity index (χ3v) is 5.59. The quantitative estimate of drug-likeness (QED) is 0.751. The van der Waals surface area contributed by atoms with Crippen LogP contribution < -0.4 is 4.90 Å². The van der Waals surface area contributed by atoms with Crippen molar-refractivity contribution in [3.63, 3.8) is 0 Å². The second-order valence-electron chi connectivity index (χ2n) is 6.43. The first-order chi connectivity index (χ1) is 8.77. The van der Waals surface area contributed by atoms with Crippen molar-refractivity contribution in [3.8, 4) is 0 Å². The maximum Gasteiger partial charge on any atom is 0.315 e. The standard InChI is InChI=1S/C15H25NO2/c1-2-18-14(17)12-11-15(8-4-3-5-9-15)16-10-6-7-13(12)16/h12-13H,2-11H2,1H3/p+1/t12-,13-/m0/s1. The molecule has 2 saturated heterocycles. The Bertz CT molecular complexity index is 322. The molecule has 0 bridgehead atoms. The molecule has 1 saturated carbocycles. The Morgan fingerprint density at radius 2 is 2.06 bits per heavy atom. The lowest BCUT2D eigenvalue weighted by Gasteiger charge is -2.38. The maximum atomic E-state index is 12.2. The van der Waals surface area contributed by atoms with Crippen LogP contribution in [0.25, 0.3) is 0 Å². The van der Waals surface area contributed by atoms with Gasteiger partial charge in [0.2, 0.25) is 0 Å². The van der Waals surface area contributed by atoms with Crippen molar-refractivity contribution < 1.29 is 14.4 Å². The molecular weight excluding hydrogens is 226 g/mol. The Labute approximate surface area is 110 Å². The predicted molar refractivity (Wildman–Crippen MR) is 69.4 cm³/mol. The summed E-state index contributed by atoms with van der Waals surface area (Å²) in [5.41, 5.74) is 0.441.